The fourth-order valence-corrected chi connectivity index (χ4v) is 3.32. The Kier molecular flexibility index (Phi) is 10.9. The van der Waals surface area contributed by atoms with Gasteiger partial charge in [0.25, 0.3) is 0 Å². The SMILES string of the molecule is CCCCCCC(CCCCC)CCCc1ccccc1N. The zero-order valence-corrected chi connectivity index (χ0v) is 14.9. The molecule has 0 aliphatic rings. The van der Waals surface area contributed by atoms with E-state index in [2.05, 4.69) is 26.0 Å². The molecular formula is C21H37N. The van der Waals surface area contributed by atoms with Gasteiger partial charge in [0.05, 0.1) is 0 Å². The standard InChI is InChI=1S/C21H37N/c1-3-5-7-9-14-19(13-8-6-4-2)15-12-17-20-16-10-11-18-21(20)22/h10-11,16,18-19H,3-9,12-15,17,22H2,1-2H3. The molecule has 0 saturated carbocycles. The average Bonchev–Trinajstić information content (AvgIpc) is 2.53. The smallest absolute Gasteiger partial charge is 0.0346 e. The summed E-state index contributed by atoms with van der Waals surface area (Å²) >= 11 is 0. The molecule has 0 radical (unpaired) electrons. The van der Waals surface area contributed by atoms with Crippen LogP contribution in [0.3, 0.4) is 0 Å². The zero-order valence-electron chi connectivity index (χ0n) is 14.9. The molecule has 1 atom stereocenters. The van der Waals surface area contributed by atoms with E-state index in [0.717, 1.165) is 18.0 Å². The van der Waals surface area contributed by atoms with E-state index in [9.17, 15) is 0 Å². The fourth-order valence-electron chi connectivity index (χ4n) is 3.32. The monoisotopic (exact) mass is 303 g/mol. The quantitative estimate of drug-likeness (QED) is 0.316. The van der Waals surface area contributed by atoms with Crippen LogP contribution in [0, 0.1) is 5.92 Å². The van der Waals surface area contributed by atoms with Crippen LogP contribution in [-0.4, -0.2) is 0 Å². The second kappa shape index (κ2) is 12.6. The summed E-state index contributed by atoms with van der Waals surface area (Å²) in [7, 11) is 0. The number of anilines is 1. The van der Waals surface area contributed by atoms with Gasteiger partial charge in [-0.15, -0.1) is 0 Å². The summed E-state index contributed by atoms with van der Waals surface area (Å²) < 4.78 is 0. The van der Waals surface area contributed by atoms with Crippen molar-refractivity contribution in [1.82, 2.24) is 0 Å². The largest absolute Gasteiger partial charge is 0.399 e. The van der Waals surface area contributed by atoms with Gasteiger partial charge in [0.1, 0.15) is 0 Å². The van der Waals surface area contributed by atoms with E-state index >= 15 is 0 Å². The van der Waals surface area contributed by atoms with Gasteiger partial charge < -0.3 is 5.73 Å². The van der Waals surface area contributed by atoms with Crippen molar-refractivity contribution in [3.63, 3.8) is 0 Å². The van der Waals surface area contributed by atoms with Gasteiger partial charge in [-0.2, -0.15) is 0 Å². The highest BCUT2D eigenvalue weighted by molar-refractivity contribution is 5.46. The maximum absolute atomic E-state index is 6.05. The van der Waals surface area contributed by atoms with E-state index in [1.165, 1.54) is 76.2 Å². The Morgan fingerprint density at radius 3 is 2.05 bits per heavy atom. The van der Waals surface area contributed by atoms with Crippen LogP contribution in [-0.2, 0) is 6.42 Å². The van der Waals surface area contributed by atoms with Crippen LogP contribution in [0.25, 0.3) is 0 Å². The topological polar surface area (TPSA) is 26.0 Å². The first-order chi connectivity index (χ1) is 10.8. The molecule has 0 heterocycles. The number of hydrogen-bond acceptors (Lipinski definition) is 1. The van der Waals surface area contributed by atoms with Crippen LogP contribution in [0.1, 0.15) is 90.0 Å². The van der Waals surface area contributed by atoms with Gasteiger partial charge in [-0.25, -0.2) is 0 Å². The molecule has 1 heteroatoms. The van der Waals surface area contributed by atoms with E-state index in [4.69, 9.17) is 5.73 Å². The van der Waals surface area contributed by atoms with Crippen molar-refractivity contribution in [1.29, 1.82) is 0 Å². The Bertz CT molecular complexity index is 372. The molecule has 0 amide bonds. The summed E-state index contributed by atoms with van der Waals surface area (Å²) in [5, 5.41) is 0. The first-order valence-corrected chi connectivity index (χ1v) is 9.61. The molecule has 1 nitrogen and oxygen atoms in total. The number of nitrogens with two attached hydrogens (primary N) is 1. The van der Waals surface area contributed by atoms with Crippen LogP contribution in [0.15, 0.2) is 24.3 Å². The maximum atomic E-state index is 6.05. The minimum Gasteiger partial charge on any atom is -0.399 e. The predicted octanol–water partition coefficient (Wildman–Crippen LogP) is 6.76. The zero-order chi connectivity index (χ0) is 16.0. The van der Waals surface area contributed by atoms with Crippen molar-refractivity contribution < 1.29 is 0 Å². The third-order valence-electron chi connectivity index (χ3n) is 4.80. The molecule has 0 bridgehead atoms. The van der Waals surface area contributed by atoms with Crippen LogP contribution in [0.4, 0.5) is 5.69 Å². The lowest BCUT2D eigenvalue weighted by molar-refractivity contribution is 0.376. The maximum Gasteiger partial charge on any atom is 0.0346 e. The summed E-state index contributed by atoms with van der Waals surface area (Å²) in [6, 6.07) is 8.34. The van der Waals surface area contributed by atoms with Gasteiger partial charge in [-0.1, -0.05) is 96.3 Å². The van der Waals surface area contributed by atoms with Crippen LogP contribution < -0.4 is 5.73 Å². The summed E-state index contributed by atoms with van der Waals surface area (Å²) in [6.45, 7) is 4.59. The number of aryl methyl sites for hydroxylation is 1. The number of para-hydroxylation sites is 1. The molecule has 126 valence electrons. The Hall–Kier alpha value is -0.980. The van der Waals surface area contributed by atoms with E-state index in [1.807, 2.05) is 12.1 Å². The lowest BCUT2D eigenvalue weighted by Crippen LogP contribution is -2.03. The minimum absolute atomic E-state index is 0.938. The number of rotatable bonds is 13. The molecule has 0 aliphatic carbocycles. The molecule has 1 rings (SSSR count). The molecule has 2 N–H and O–H groups in total. The third kappa shape index (κ3) is 8.46. The lowest BCUT2D eigenvalue weighted by atomic mass is 9.89. The number of hydrogen-bond donors (Lipinski definition) is 1. The highest BCUT2D eigenvalue weighted by atomic mass is 14.6. The highest BCUT2D eigenvalue weighted by Crippen LogP contribution is 2.24. The molecule has 1 aromatic rings. The molecule has 1 aromatic carbocycles. The molecule has 0 aliphatic heterocycles. The van der Waals surface area contributed by atoms with Gasteiger partial charge >= 0.3 is 0 Å². The van der Waals surface area contributed by atoms with Crippen molar-refractivity contribution in [2.24, 2.45) is 5.92 Å². The Morgan fingerprint density at radius 1 is 0.773 bits per heavy atom. The van der Waals surface area contributed by atoms with E-state index in [-0.39, 0.29) is 0 Å². The lowest BCUT2D eigenvalue weighted by Gasteiger charge is -2.17. The molecule has 0 saturated heterocycles. The Balaban J connectivity index is 2.30. The Morgan fingerprint density at radius 2 is 1.36 bits per heavy atom. The van der Waals surface area contributed by atoms with Crippen LogP contribution >= 0.6 is 0 Å². The van der Waals surface area contributed by atoms with Gasteiger partial charge in [-0.05, 0) is 30.4 Å². The molecular weight excluding hydrogens is 266 g/mol. The van der Waals surface area contributed by atoms with E-state index < -0.39 is 0 Å². The van der Waals surface area contributed by atoms with E-state index in [0.29, 0.717) is 0 Å². The van der Waals surface area contributed by atoms with Crippen molar-refractivity contribution in [3.8, 4) is 0 Å². The summed E-state index contributed by atoms with van der Waals surface area (Å²) in [6.07, 6.45) is 16.4. The summed E-state index contributed by atoms with van der Waals surface area (Å²) in [5.41, 5.74) is 8.35. The second-order valence-electron chi connectivity index (χ2n) is 6.80. The van der Waals surface area contributed by atoms with Crippen molar-refractivity contribution in [2.45, 2.75) is 90.9 Å². The summed E-state index contributed by atoms with van der Waals surface area (Å²) in [5.74, 6) is 0.938. The van der Waals surface area contributed by atoms with Gasteiger partial charge in [-0.3, -0.25) is 0 Å². The number of benzene rings is 1. The van der Waals surface area contributed by atoms with Gasteiger partial charge in [0.15, 0.2) is 0 Å². The fraction of sp³-hybridized carbons (Fsp3) is 0.714. The molecule has 0 fully saturated rings. The number of unbranched alkanes of at least 4 members (excludes halogenated alkanes) is 5. The third-order valence-corrected chi connectivity index (χ3v) is 4.80. The van der Waals surface area contributed by atoms with Gasteiger partial charge in [0, 0.05) is 5.69 Å². The Labute approximate surface area is 138 Å². The first kappa shape index (κ1) is 19.1. The van der Waals surface area contributed by atoms with Crippen molar-refractivity contribution in [3.05, 3.63) is 29.8 Å². The summed E-state index contributed by atoms with van der Waals surface area (Å²) in [4.78, 5) is 0. The predicted molar refractivity (Wildman–Crippen MR) is 100 cm³/mol. The van der Waals surface area contributed by atoms with Crippen LogP contribution in [0.2, 0.25) is 0 Å². The van der Waals surface area contributed by atoms with Gasteiger partial charge in [0.2, 0.25) is 0 Å². The van der Waals surface area contributed by atoms with E-state index in [1.54, 1.807) is 0 Å². The molecule has 0 spiro atoms. The normalized spacial score (nSPS) is 12.5. The minimum atomic E-state index is 0.938. The van der Waals surface area contributed by atoms with Crippen molar-refractivity contribution >= 4 is 5.69 Å². The van der Waals surface area contributed by atoms with Crippen LogP contribution in [0.5, 0.6) is 0 Å². The molecule has 0 aromatic heterocycles. The highest BCUT2D eigenvalue weighted by Gasteiger charge is 2.09. The molecule has 1 unspecified atom stereocenters. The second-order valence-corrected chi connectivity index (χ2v) is 6.80. The molecule has 22 heavy (non-hydrogen) atoms. The number of nitrogen functional groups attached to an aromatic ring is 1. The first-order valence-electron chi connectivity index (χ1n) is 9.61. The average molecular weight is 304 g/mol. The van der Waals surface area contributed by atoms with Crippen molar-refractivity contribution in [2.75, 3.05) is 5.73 Å².